The van der Waals surface area contributed by atoms with Gasteiger partial charge >= 0.3 is 0 Å². The Kier molecular flexibility index (Phi) is 5.82. The largest absolute Gasteiger partial charge is 0.384 e. The van der Waals surface area contributed by atoms with Crippen LogP contribution in [0.25, 0.3) is 0 Å². The number of nitrogens with zero attached hydrogens (tertiary/aromatic N) is 1. The van der Waals surface area contributed by atoms with Crippen molar-refractivity contribution in [2.45, 2.75) is 26.7 Å². The Hall–Kier alpha value is -0.870. The first-order chi connectivity index (χ1) is 8.55. The van der Waals surface area contributed by atoms with Crippen LogP contribution in [0.5, 0.6) is 0 Å². The molecule has 0 spiro atoms. The Morgan fingerprint density at radius 1 is 1.44 bits per heavy atom. The summed E-state index contributed by atoms with van der Waals surface area (Å²) in [6.07, 6.45) is 1.71. The monoisotopic (exact) mass is 254 g/mol. The molecule has 0 atom stereocenters. The van der Waals surface area contributed by atoms with E-state index in [9.17, 15) is 4.79 Å². The van der Waals surface area contributed by atoms with E-state index in [1.807, 2.05) is 18.7 Å². The number of hydrogen-bond acceptors (Lipinski definition) is 3. The second-order valence-electron chi connectivity index (χ2n) is 5.24. The molecule has 1 fully saturated rings. The van der Waals surface area contributed by atoms with Gasteiger partial charge in [-0.25, -0.2) is 0 Å². The smallest absolute Gasteiger partial charge is 0.231 e. The topological polar surface area (TPSA) is 41.6 Å². The molecule has 18 heavy (non-hydrogen) atoms. The molecule has 1 amide bonds. The molecule has 4 nitrogen and oxygen atoms in total. The number of likely N-dealkylation sites (N-methyl/N-ethyl adjacent to an activating group) is 1. The molecule has 0 unspecified atom stereocenters. The van der Waals surface area contributed by atoms with Crippen LogP contribution in [-0.4, -0.2) is 50.7 Å². The third-order valence-electron chi connectivity index (χ3n) is 3.56. The highest BCUT2D eigenvalue weighted by molar-refractivity contribution is 5.83. The molecule has 0 saturated carbocycles. The first-order valence-electron chi connectivity index (χ1n) is 6.69. The summed E-state index contributed by atoms with van der Waals surface area (Å²) in [5, 5.41) is 3.31. The average Bonchev–Trinajstić information content (AvgIpc) is 2.36. The standard InChI is InChI=1S/C14H26N2O2/c1-5-16(10-12(2)3)13(17)14(11-18-4)6-8-15-9-7-14/h15H,2,5-11H2,1,3-4H3. The van der Waals surface area contributed by atoms with Gasteiger partial charge in [0.1, 0.15) is 0 Å². The predicted molar refractivity (Wildman–Crippen MR) is 73.5 cm³/mol. The van der Waals surface area contributed by atoms with Gasteiger partial charge in [0.05, 0.1) is 12.0 Å². The molecule has 1 aliphatic rings. The molecule has 104 valence electrons. The lowest BCUT2D eigenvalue weighted by atomic mass is 9.78. The van der Waals surface area contributed by atoms with E-state index in [1.165, 1.54) is 0 Å². The number of carbonyl (C=O) groups excluding carboxylic acids is 1. The van der Waals surface area contributed by atoms with Gasteiger partial charge < -0.3 is 15.0 Å². The molecule has 1 heterocycles. The van der Waals surface area contributed by atoms with Crippen LogP contribution < -0.4 is 5.32 Å². The van der Waals surface area contributed by atoms with Gasteiger partial charge in [-0.1, -0.05) is 12.2 Å². The quantitative estimate of drug-likeness (QED) is 0.729. The maximum atomic E-state index is 12.8. The molecular weight excluding hydrogens is 228 g/mol. The maximum absolute atomic E-state index is 12.8. The van der Waals surface area contributed by atoms with Crippen LogP contribution >= 0.6 is 0 Å². The van der Waals surface area contributed by atoms with Crippen molar-refractivity contribution in [1.29, 1.82) is 0 Å². The summed E-state index contributed by atoms with van der Waals surface area (Å²) in [6.45, 7) is 11.5. The lowest BCUT2D eigenvalue weighted by molar-refractivity contribution is -0.147. The molecule has 1 aliphatic heterocycles. The maximum Gasteiger partial charge on any atom is 0.231 e. The number of piperidine rings is 1. The molecule has 1 N–H and O–H groups in total. The van der Waals surface area contributed by atoms with E-state index in [1.54, 1.807) is 7.11 Å². The number of nitrogens with one attached hydrogen (secondary N) is 1. The van der Waals surface area contributed by atoms with Crippen LogP contribution in [0.2, 0.25) is 0 Å². The molecule has 4 heteroatoms. The minimum Gasteiger partial charge on any atom is -0.384 e. The third kappa shape index (κ3) is 3.56. The summed E-state index contributed by atoms with van der Waals surface area (Å²) in [6, 6.07) is 0. The number of hydrogen-bond donors (Lipinski definition) is 1. The first-order valence-corrected chi connectivity index (χ1v) is 6.69. The number of amides is 1. The van der Waals surface area contributed by atoms with Crippen molar-refractivity contribution in [3.05, 3.63) is 12.2 Å². The zero-order valence-electron chi connectivity index (χ0n) is 11.9. The van der Waals surface area contributed by atoms with Gasteiger partial charge in [-0.2, -0.15) is 0 Å². The summed E-state index contributed by atoms with van der Waals surface area (Å²) in [5.41, 5.74) is 0.678. The predicted octanol–water partition coefficient (Wildman–Crippen LogP) is 1.43. The van der Waals surface area contributed by atoms with Crippen LogP contribution in [0.1, 0.15) is 26.7 Å². The molecule has 0 bridgehead atoms. The lowest BCUT2D eigenvalue weighted by Crippen LogP contribution is -2.51. The second kappa shape index (κ2) is 6.90. The van der Waals surface area contributed by atoms with Gasteiger partial charge in [-0.15, -0.1) is 0 Å². The van der Waals surface area contributed by atoms with Gasteiger partial charge in [0.2, 0.25) is 5.91 Å². The van der Waals surface area contributed by atoms with E-state index >= 15 is 0 Å². The third-order valence-corrected chi connectivity index (χ3v) is 3.56. The van der Waals surface area contributed by atoms with Crippen molar-refractivity contribution in [1.82, 2.24) is 10.2 Å². The van der Waals surface area contributed by atoms with Crippen molar-refractivity contribution >= 4 is 5.91 Å². The Morgan fingerprint density at radius 3 is 2.50 bits per heavy atom. The summed E-state index contributed by atoms with van der Waals surface area (Å²) >= 11 is 0. The number of ether oxygens (including phenoxy) is 1. The van der Waals surface area contributed by atoms with Crippen LogP contribution in [0, 0.1) is 5.41 Å². The number of carbonyl (C=O) groups is 1. The summed E-state index contributed by atoms with van der Waals surface area (Å²) < 4.78 is 5.31. The summed E-state index contributed by atoms with van der Waals surface area (Å²) in [4.78, 5) is 14.6. The SMILES string of the molecule is C=C(C)CN(CC)C(=O)C1(COC)CCNCC1. The van der Waals surface area contributed by atoms with E-state index < -0.39 is 0 Å². The van der Waals surface area contributed by atoms with Crippen LogP contribution in [0.3, 0.4) is 0 Å². The van der Waals surface area contributed by atoms with Gasteiger partial charge in [0.15, 0.2) is 0 Å². The van der Waals surface area contributed by atoms with Crippen molar-refractivity contribution in [2.75, 3.05) is 39.9 Å². The highest BCUT2D eigenvalue weighted by Crippen LogP contribution is 2.31. The average molecular weight is 254 g/mol. The fourth-order valence-electron chi connectivity index (χ4n) is 2.59. The number of methoxy groups -OCH3 is 1. The summed E-state index contributed by atoms with van der Waals surface area (Å²) in [7, 11) is 1.67. The van der Waals surface area contributed by atoms with E-state index in [2.05, 4.69) is 11.9 Å². The van der Waals surface area contributed by atoms with Gasteiger partial charge in [-0.3, -0.25) is 4.79 Å². The molecule has 0 aromatic carbocycles. The molecule has 0 aliphatic carbocycles. The van der Waals surface area contributed by atoms with Crippen molar-refractivity contribution in [3.8, 4) is 0 Å². The van der Waals surface area contributed by atoms with Crippen LogP contribution in [0.4, 0.5) is 0 Å². The van der Waals surface area contributed by atoms with Gasteiger partial charge in [-0.05, 0) is 39.8 Å². The van der Waals surface area contributed by atoms with Gasteiger partial charge in [0, 0.05) is 20.2 Å². The highest BCUT2D eigenvalue weighted by atomic mass is 16.5. The fourth-order valence-corrected chi connectivity index (χ4v) is 2.59. The molecule has 0 aromatic heterocycles. The fraction of sp³-hybridized carbons (Fsp3) is 0.786. The molecule has 0 radical (unpaired) electrons. The zero-order chi connectivity index (χ0) is 13.6. The first kappa shape index (κ1) is 15.2. The molecular formula is C14H26N2O2. The molecule has 1 saturated heterocycles. The minimum absolute atomic E-state index is 0.219. The van der Waals surface area contributed by atoms with Crippen LogP contribution in [-0.2, 0) is 9.53 Å². The van der Waals surface area contributed by atoms with Crippen molar-refractivity contribution in [2.24, 2.45) is 5.41 Å². The second-order valence-corrected chi connectivity index (χ2v) is 5.24. The summed E-state index contributed by atoms with van der Waals surface area (Å²) in [5.74, 6) is 0.219. The van der Waals surface area contributed by atoms with Gasteiger partial charge in [0.25, 0.3) is 0 Å². The van der Waals surface area contributed by atoms with Crippen molar-refractivity contribution in [3.63, 3.8) is 0 Å². The Bertz CT molecular complexity index is 291. The van der Waals surface area contributed by atoms with E-state index in [0.717, 1.165) is 38.0 Å². The molecule has 1 rings (SSSR count). The highest BCUT2D eigenvalue weighted by Gasteiger charge is 2.41. The van der Waals surface area contributed by atoms with Crippen LogP contribution in [0.15, 0.2) is 12.2 Å². The Balaban J connectivity index is 2.82. The Labute approximate surface area is 110 Å². The zero-order valence-corrected chi connectivity index (χ0v) is 11.9. The Morgan fingerprint density at radius 2 is 2.06 bits per heavy atom. The molecule has 0 aromatic rings. The number of rotatable bonds is 6. The lowest BCUT2D eigenvalue weighted by Gasteiger charge is -2.39. The van der Waals surface area contributed by atoms with E-state index in [-0.39, 0.29) is 11.3 Å². The van der Waals surface area contributed by atoms with Crippen molar-refractivity contribution < 1.29 is 9.53 Å². The normalized spacial score (nSPS) is 18.4. The van der Waals surface area contributed by atoms with E-state index in [0.29, 0.717) is 13.2 Å². The van der Waals surface area contributed by atoms with E-state index in [4.69, 9.17) is 4.74 Å². The minimum atomic E-state index is -0.342.